The fraction of sp³-hybridized carbons (Fsp3) is 0.550. The van der Waals surface area contributed by atoms with E-state index in [4.69, 9.17) is 0 Å². The van der Waals surface area contributed by atoms with Gasteiger partial charge >= 0.3 is 0 Å². The molecule has 2 atom stereocenters. The lowest BCUT2D eigenvalue weighted by Crippen LogP contribution is -2.61. The van der Waals surface area contributed by atoms with Crippen molar-refractivity contribution in [1.29, 1.82) is 0 Å². The summed E-state index contributed by atoms with van der Waals surface area (Å²) in [5.41, 5.74) is 5.87. The van der Waals surface area contributed by atoms with Gasteiger partial charge in [-0.25, -0.2) is 4.37 Å². The van der Waals surface area contributed by atoms with Crippen molar-refractivity contribution in [3.05, 3.63) is 46.0 Å². The molecule has 3 heterocycles. The largest absolute Gasteiger partial charge is 0.353 e. The van der Waals surface area contributed by atoms with E-state index >= 15 is 0 Å². The van der Waals surface area contributed by atoms with Crippen LogP contribution in [0.3, 0.4) is 0 Å². The number of aromatic nitrogens is 1. The number of hydrogen-bond donors (Lipinski definition) is 0. The Labute approximate surface area is 143 Å². The van der Waals surface area contributed by atoms with Crippen LogP contribution in [-0.4, -0.2) is 4.37 Å². The van der Waals surface area contributed by atoms with E-state index in [1.165, 1.54) is 27.3 Å². The van der Waals surface area contributed by atoms with Crippen LogP contribution in [0.4, 0.5) is 5.69 Å². The molecule has 0 radical (unpaired) electrons. The van der Waals surface area contributed by atoms with Gasteiger partial charge in [-0.1, -0.05) is 45.9 Å². The molecule has 1 aromatic carbocycles. The highest BCUT2D eigenvalue weighted by atomic mass is 32.1. The molecule has 2 unspecified atom stereocenters. The molecule has 0 amide bonds. The molecule has 1 aromatic heterocycles. The predicted molar refractivity (Wildman–Crippen MR) is 98.3 cm³/mol. The van der Waals surface area contributed by atoms with E-state index in [0.717, 1.165) is 0 Å². The topological polar surface area (TPSA) is 16.1 Å². The summed E-state index contributed by atoms with van der Waals surface area (Å²) < 4.78 is 4.54. The first-order chi connectivity index (χ1) is 10.7. The van der Waals surface area contributed by atoms with Gasteiger partial charge in [0, 0.05) is 22.9 Å². The summed E-state index contributed by atoms with van der Waals surface area (Å²) in [6, 6.07) is 7.18. The molecule has 0 bridgehead atoms. The summed E-state index contributed by atoms with van der Waals surface area (Å²) in [5, 5.41) is 0. The van der Waals surface area contributed by atoms with Gasteiger partial charge in [0.05, 0.1) is 16.5 Å². The summed E-state index contributed by atoms with van der Waals surface area (Å²) in [6.45, 7) is 16.7. The minimum Gasteiger partial charge on any atom is -0.353 e. The number of nitrogens with zero attached hydrogens (tertiary/aromatic N) is 2. The summed E-state index contributed by atoms with van der Waals surface area (Å²) in [5.74, 6) is 0. The Morgan fingerprint density at radius 2 is 1.83 bits per heavy atom. The second-order valence-corrected chi connectivity index (χ2v) is 9.25. The summed E-state index contributed by atoms with van der Waals surface area (Å²) >= 11 is 1.69. The first-order valence-electron chi connectivity index (χ1n) is 8.50. The highest BCUT2D eigenvalue weighted by molar-refractivity contribution is 7.06. The third kappa shape index (κ3) is 1.44. The number of benzene rings is 1. The average molecular weight is 327 g/mol. The molecule has 3 heteroatoms. The van der Waals surface area contributed by atoms with Gasteiger partial charge in [0.15, 0.2) is 0 Å². The van der Waals surface area contributed by atoms with Gasteiger partial charge in [-0.15, -0.1) is 0 Å². The Hall–Kier alpha value is -1.35. The number of aryl methyl sites for hydroxylation is 1. The average Bonchev–Trinajstić information content (AvgIpc) is 3.03. The van der Waals surface area contributed by atoms with Crippen LogP contribution in [0.1, 0.15) is 69.2 Å². The molecule has 2 aromatic rings. The number of para-hydroxylation sites is 1. The van der Waals surface area contributed by atoms with Crippen LogP contribution >= 0.6 is 11.5 Å². The second-order valence-electron chi connectivity index (χ2n) is 8.45. The van der Waals surface area contributed by atoms with Crippen molar-refractivity contribution in [2.45, 2.75) is 65.5 Å². The Morgan fingerprint density at radius 3 is 2.52 bits per heavy atom. The maximum Gasteiger partial charge on any atom is 0.0802 e. The van der Waals surface area contributed by atoms with E-state index in [1.807, 2.05) is 0 Å². The van der Waals surface area contributed by atoms with Crippen molar-refractivity contribution >= 4 is 17.2 Å². The van der Waals surface area contributed by atoms with Crippen molar-refractivity contribution in [3.8, 4) is 0 Å². The molecule has 0 aliphatic carbocycles. The molecular weight excluding hydrogens is 300 g/mol. The third-order valence-corrected chi connectivity index (χ3v) is 8.32. The standard InChI is InChI=1S/C20H26N2S/c1-12-9-8-10-15-16(12)22-13(2)14-11-21-23-17(14)20(22,7)19(5,6)18(15,3)4/h8-11,13H,1-7H3. The minimum atomic E-state index is -0.0223. The van der Waals surface area contributed by atoms with Crippen molar-refractivity contribution in [1.82, 2.24) is 4.37 Å². The number of anilines is 1. The van der Waals surface area contributed by atoms with Crippen LogP contribution < -0.4 is 4.90 Å². The number of fused-ring (bicyclic) bond motifs is 5. The Balaban J connectivity index is 2.15. The molecule has 0 saturated carbocycles. The zero-order valence-corrected chi connectivity index (χ0v) is 16.0. The quantitative estimate of drug-likeness (QED) is 0.629. The normalized spacial score (nSPS) is 29.9. The Kier molecular flexibility index (Phi) is 2.76. The number of hydrogen-bond acceptors (Lipinski definition) is 3. The molecule has 4 rings (SSSR count). The lowest BCUT2D eigenvalue weighted by atomic mass is 9.52. The van der Waals surface area contributed by atoms with Gasteiger partial charge in [0.1, 0.15) is 0 Å². The van der Waals surface area contributed by atoms with Crippen molar-refractivity contribution < 1.29 is 0 Å². The smallest absolute Gasteiger partial charge is 0.0802 e. The van der Waals surface area contributed by atoms with Crippen molar-refractivity contribution in [3.63, 3.8) is 0 Å². The van der Waals surface area contributed by atoms with Gasteiger partial charge in [0.25, 0.3) is 0 Å². The molecule has 23 heavy (non-hydrogen) atoms. The van der Waals surface area contributed by atoms with E-state index in [0.29, 0.717) is 6.04 Å². The van der Waals surface area contributed by atoms with Crippen LogP contribution in [-0.2, 0) is 11.0 Å². The zero-order chi connectivity index (χ0) is 16.8. The lowest BCUT2D eigenvalue weighted by Gasteiger charge is -2.62. The summed E-state index contributed by atoms with van der Waals surface area (Å²) in [4.78, 5) is 4.14. The maximum absolute atomic E-state index is 4.54. The van der Waals surface area contributed by atoms with Gasteiger partial charge < -0.3 is 4.90 Å². The van der Waals surface area contributed by atoms with Crippen molar-refractivity contribution in [2.75, 3.05) is 4.90 Å². The highest BCUT2D eigenvalue weighted by Gasteiger charge is 2.64. The molecule has 122 valence electrons. The van der Waals surface area contributed by atoms with Crippen molar-refractivity contribution in [2.24, 2.45) is 5.41 Å². The zero-order valence-electron chi connectivity index (χ0n) is 15.2. The first kappa shape index (κ1) is 15.2. The molecule has 0 saturated heterocycles. The highest BCUT2D eigenvalue weighted by Crippen LogP contribution is 2.67. The van der Waals surface area contributed by atoms with Gasteiger partial charge in [-0.2, -0.15) is 0 Å². The number of rotatable bonds is 0. The summed E-state index contributed by atoms with van der Waals surface area (Å²) in [7, 11) is 0. The maximum atomic E-state index is 4.54. The van der Waals surface area contributed by atoms with Crippen LogP contribution in [0, 0.1) is 12.3 Å². The first-order valence-corrected chi connectivity index (χ1v) is 9.27. The lowest BCUT2D eigenvalue weighted by molar-refractivity contribution is 0.0671. The van der Waals surface area contributed by atoms with Gasteiger partial charge in [-0.05, 0) is 48.8 Å². The Morgan fingerprint density at radius 1 is 1.13 bits per heavy atom. The predicted octanol–water partition coefficient (Wildman–Crippen LogP) is 5.57. The molecule has 2 aliphatic rings. The van der Waals surface area contributed by atoms with E-state index < -0.39 is 0 Å². The van der Waals surface area contributed by atoms with Crippen LogP contribution in [0.5, 0.6) is 0 Å². The monoisotopic (exact) mass is 326 g/mol. The fourth-order valence-electron chi connectivity index (χ4n) is 4.98. The molecule has 0 fully saturated rings. The molecule has 0 spiro atoms. The van der Waals surface area contributed by atoms with E-state index in [9.17, 15) is 0 Å². The Bertz CT molecular complexity index is 802. The fourth-order valence-corrected chi connectivity index (χ4v) is 6.11. The van der Waals surface area contributed by atoms with E-state index in [1.54, 1.807) is 11.5 Å². The van der Waals surface area contributed by atoms with Gasteiger partial charge in [0.2, 0.25) is 0 Å². The molecule has 2 nitrogen and oxygen atoms in total. The third-order valence-electron chi connectivity index (χ3n) is 7.29. The van der Waals surface area contributed by atoms with Crippen LogP contribution in [0.25, 0.3) is 0 Å². The van der Waals surface area contributed by atoms with Gasteiger partial charge in [-0.3, -0.25) is 0 Å². The molecular formula is C20H26N2S. The summed E-state index contributed by atoms with van der Waals surface area (Å²) in [6.07, 6.45) is 2.09. The molecule has 0 N–H and O–H groups in total. The SMILES string of the molecule is Cc1cccc2c1N1C(C)c3cnsc3C1(C)C(C)(C)C2(C)C. The molecule has 2 aliphatic heterocycles. The van der Waals surface area contributed by atoms with E-state index in [-0.39, 0.29) is 16.4 Å². The van der Waals surface area contributed by atoms with Crippen LogP contribution in [0.2, 0.25) is 0 Å². The van der Waals surface area contributed by atoms with E-state index in [2.05, 4.69) is 82.1 Å². The van der Waals surface area contributed by atoms with Crippen LogP contribution in [0.15, 0.2) is 24.4 Å². The minimum absolute atomic E-state index is 0.0223. The second kappa shape index (κ2) is 4.18.